The molecule has 3 nitrogen and oxygen atoms in total. The fraction of sp³-hybridized carbons (Fsp3) is 0.455. The zero-order valence-electron chi connectivity index (χ0n) is 8.96. The van der Waals surface area contributed by atoms with E-state index < -0.39 is 0 Å². The second-order valence-corrected chi connectivity index (χ2v) is 4.69. The van der Waals surface area contributed by atoms with Crippen molar-refractivity contribution in [3.8, 4) is 5.75 Å². The van der Waals surface area contributed by atoms with E-state index in [0.29, 0.717) is 17.4 Å². The molecule has 0 heterocycles. The SMILES string of the molecule is OCC[NH2+]CCCOc1ccc(Br)cc1Cl. The van der Waals surface area contributed by atoms with E-state index in [4.69, 9.17) is 21.4 Å². The van der Waals surface area contributed by atoms with Crippen molar-refractivity contribution in [3.63, 3.8) is 0 Å². The largest absolute Gasteiger partial charge is 0.492 e. The summed E-state index contributed by atoms with van der Waals surface area (Å²) in [5.41, 5.74) is 0. The first-order valence-electron chi connectivity index (χ1n) is 5.24. The number of quaternary nitrogens is 1. The number of aliphatic hydroxyl groups is 1. The third-order valence-corrected chi connectivity index (χ3v) is 2.83. The predicted octanol–water partition coefficient (Wildman–Crippen LogP) is 1.43. The molecule has 1 aromatic carbocycles. The molecular formula is C11H16BrClNO2+. The van der Waals surface area contributed by atoms with Crippen LogP contribution in [0.5, 0.6) is 5.75 Å². The molecule has 0 saturated heterocycles. The van der Waals surface area contributed by atoms with Crippen LogP contribution in [-0.4, -0.2) is 31.4 Å². The lowest BCUT2D eigenvalue weighted by molar-refractivity contribution is -0.656. The van der Waals surface area contributed by atoms with Gasteiger partial charge < -0.3 is 15.2 Å². The van der Waals surface area contributed by atoms with Crippen molar-refractivity contribution in [2.24, 2.45) is 0 Å². The first-order chi connectivity index (χ1) is 7.74. The Bertz CT molecular complexity index is 323. The number of hydrogen-bond acceptors (Lipinski definition) is 2. The Morgan fingerprint density at radius 1 is 1.38 bits per heavy atom. The Kier molecular flexibility index (Phi) is 6.80. The lowest BCUT2D eigenvalue weighted by Gasteiger charge is -2.07. The van der Waals surface area contributed by atoms with Gasteiger partial charge in [0.05, 0.1) is 31.3 Å². The molecule has 1 aromatic rings. The molecule has 0 aliphatic carbocycles. The van der Waals surface area contributed by atoms with Gasteiger partial charge in [0.25, 0.3) is 0 Å². The maximum absolute atomic E-state index is 8.58. The van der Waals surface area contributed by atoms with Crippen LogP contribution in [-0.2, 0) is 0 Å². The molecule has 0 amide bonds. The average molecular weight is 310 g/mol. The summed E-state index contributed by atoms with van der Waals surface area (Å²) in [4.78, 5) is 0. The maximum Gasteiger partial charge on any atom is 0.137 e. The summed E-state index contributed by atoms with van der Waals surface area (Å²) in [5.74, 6) is 0.715. The highest BCUT2D eigenvalue weighted by Crippen LogP contribution is 2.27. The van der Waals surface area contributed by atoms with Gasteiger partial charge in [-0.15, -0.1) is 0 Å². The molecule has 0 aliphatic heterocycles. The summed E-state index contributed by atoms with van der Waals surface area (Å²) in [5, 5.41) is 11.3. The molecule has 90 valence electrons. The van der Waals surface area contributed by atoms with Gasteiger partial charge in [-0.25, -0.2) is 0 Å². The van der Waals surface area contributed by atoms with Gasteiger partial charge in [0.1, 0.15) is 5.75 Å². The van der Waals surface area contributed by atoms with Crippen molar-refractivity contribution >= 4 is 27.5 Å². The lowest BCUT2D eigenvalue weighted by Crippen LogP contribution is -2.85. The fourth-order valence-electron chi connectivity index (χ4n) is 1.24. The van der Waals surface area contributed by atoms with Crippen LogP contribution in [0.15, 0.2) is 22.7 Å². The molecule has 16 heavy (non-hydrogen) atoms. The second kappa shape index (κ2) is 7.90. The number of nitrogens with two attached hydrogens (primary N) is 1. The Morgan fingerprint density at radius 2 is 2.19 bits per heavy atom. The zero-order chi connectivity index (χ0) is 11.8. The fourth-order valence-corrected chi connectivity index (χ4v) is 1.97. The third-order valence-electron chi connectivity index (χ3n) is 2.04. The van der Waals surface area contributed by atoms with E-state index in [-0.39, 0.29) is 6.61 Å². The molecule has 0 bridgehead atoms. The van der Waals surface area contributed by atoms with Crippen LogP contribution in [0, 0.1) is 0 Å². The summed E-state index contributed by atoms with van der Waals surface area (Å²) < 4.78 is 6.48. The van der Waals surface area contributed by atoms with E-state index in [9.17, 15) is 0 Å². The van der Waals surface area contributed by atoms with Crippen molar-refractivity contribution in [2.75, 3.05) is 26.3 Å². The summed E-state index contributed by atoms with van der Waals surface area (Å²) in [6, 6.07) is 5.57. The molecule has 3 N–H and O–H groups in total. The number of halogens is 2. The summed E-state index contributed by atoms with van der Waals surface area (Å²) in [6.07, 6.45) is 0.937. The van der Waals surface area contributed by atoms with Crippen molar-refractivity contribution in [1.82, 2.24) is 0 Å². The first kappa shape index (κ1) is 13.8. The summed E-state index contributed by atoms with van der Waals surface area (Å²) in [7, 11) is 0. The number of ether oxygens (including phenoxy) is 1. The minimum atomic E-state index is 0.222. The molecular weight excluding hydrogens is 293 g/mol. The molecule has 0 saturated carbocycles. The van der Waals surface area contributed by atoms with Crippen LogP contribution < -0.4 is 10.1 Å². The number of benzene rings is 1. The van der Waals surface area contributed by atoms with Crippen LogP contribution in [0.1, 0.15) is 6.42 Å². The minimum absolute atomic E-state index is 0.222. The van der Waals surface area contributed by atoms with E-state index in [2.05, 4.69) is 21.2 Å². The molecule has 0 unspecified atom stereocenters. The average Bonchev–Trinajstić information content (AvgIpc) is 2.26. The van der Waals surface area contributed by atoms with Crippen molar-refractivity contribution in [1.29, 1.82) is 0 Å². The van der Waals surface area contributed by atoms with Gasteiger partial charge in [-0.05, 0) is 18.2 Å². The molecule has 0 aromatic heterocycles. The van der Waals surface area contributed by atoms with Gasteiger partial charge in [0.15, 0.2) is 0 Å². The Balaban J connectivity index is 2.21. The highest BCUT2D eigenvalue weighted by Gasteiger charge is 2.01. The summed E-state index contributed by atoms with van der Waals surface area (Å²) >= 11 is 9.33. The Hall–Kier alpha value is -0.290. The quantitative estimate of drug-likeness (QED) is 0.749. The molecule has 0 fully saturated rings. The van der Waals surface area contributed by atoms with Gasteiger partial charge in [-0.1, -0.05) is 27.5 Å². The first-order valence-corrected chi connectivity index (χ1v) is 6.41. The van der Waals surface area contributed by atoms with E-state index in [1.54, 1.807) is 0 Å². The standard InChI is InChI=1S/C11H15BrClNO2/c12-9-2-3-11(10(13)8-9)16-7-1-4-14-5-6-15/h2-3,8,14-15H,1,4-7H2/p+1. The van der Waals surface area contributed by atoms with Gasteiger partial charge in [0.2, 0.25) is 0 Å². The highest BCUT2D eigenvalue weighted by atomic mass is 79.9. The normalized spacial score (nSPS) is 10.4. The highest BCUT2D eigenvalue weighted by molar-refractivity contribution is 9.10. The Labute approximate surface area is 109 Å². The molecule has 0 atom stereocenters. The Morgan fingerprint density at radius 3 is 2.88 bits per heavy atom. The molecule has 1 rings (SSSR count). The van der Waals surface area contributed by atoms with Crippen molar-refractivity contribution in [2.45, 2.75) is 6.42 Å². The monoisotopic (exact) mass is 308 g/mol. The van der Waals surface area contributed by atoms with E-state index in [1.165, 1.54) is 0 Å². The molecule has 0 radical (unpaired) electrons. The molecule has 0 aliphatic rings. The zero-order valence-corrected chi connectivity index (χ0v) is 11.3. The van der Waals surface area contributed by atoms with E-state index in [0.717, 1.165) is 24.0 Å². The van der Waals surface area contributed by atoms with Gasteiger partial charge in [0, 0.05) is 10.9 Å². The topological polar surface area (TPSA) is 46.1 Å². The number of rotatable bonds is 7. The number of aliphatic hydroxyl groups excluding tert-OH is 1. The van der Waals surface area contributed by atoms with Gasteiger partial charge >= 0.3 is 0 Å². The van der Waals surface area contributed by atoms with Gasteiger partial charge in [-0.2, -0.15) is 0 Å². The summed E-state index contributed by atoms with van der Waals surface area (Å²) in [6.45, 7) is 2.57. The molecule has 0 spiro atoms. The lowest BCUT2D eigenvalue weighted by atomic mass is 10.3. The van der Waals surface area contributed by atoms with Gasteiger partial charge in [-0.3, -0.25) is 0 Å². The van der Waals surface area contributed by atoms with Crippen LogP contribution in [0.2, 0.25) is 5.02 Å². The van der Waals surface area contributed by atoms with Crippen LogP contribution in [0.4, 0.5) is 0 Å². The smallest absolute Gasteiger partial charge is 0.137 e. The van der Waals surface area contributed by atoms with E-state index in [1.807, 2.05) is 18.2 Å². The maximum atomic E-state index is 8.58. The van der Waals surface area contributed by atoms with Crippen LogP contribution >= 0.6 is 27.5 Å². The second-order valence-electron chi connectivity index (χ2n) is 3.37. The van der Waals surface area contributed by atoms with Crippen molar-refractivity contribution in [3.05, 3.63) is 27.7 Å². The van der Waals surface area contributed by atoms with Crippen molar-refractivity contribution < 1.29 is 15.2 Å². The van der Waals surface area contributed by atoms with Crippen LogP contribution in [0.3, 0.4) is 0 Å². The number of hydrogen-bond donors (Lipinski definition) is 2. The predicted molar refractivity (Wildman–Crippen MR) is 68.0 cm³/mol. The van der Waals surface area contributed by atoms with Crippen LogP contribution in [0.25, 0.3) is 0 Å². The molecule has 5 heteroatoms. The third kappa shape index (κ3) is 5.16. The van der Waals surface area contributed by atoms with E-state index >= 15 is 0 Å². The minimum Gasteiger partial charge on any atom is -0.492 e.